The molecule has 0 aliphatic heterocycles. The van der Waals surface area contributed by atoms with Crippen molar-refractivity contribution < 1.29 is 9.18 Å². The van der Waals surface area contributed by atoms with E-state index in [1.807, 2.05) is 0 Å². The summed E-state index contributed by atoms with van der Waals surface area (Å²) in [6.45, 7) is 2.25. The summed E-state index contributed by atoms with van der Waals surface area (Å²) in [6.07, 6.45) is 6.01. The molecule has 1 aliphatic carbocycles. The smallest absolute Gasteiger partial charge is 0.163 e. The Kier molecular flexibility index (Phi) is 4.35. The minimum atomic E-state index is -0.309. The predicted molar refractivity (Wildman–Crippen MR) is 74.7 cm³/mol. The SMILES string of the molecule is Cc1ccc(C(=O)CC2(CN)CCCCC2)cc1F. The van der Waals surface area contributed by atoms with E-state index < -0.39 is 0 Å². The number of benzene rings is 1. The number of rotatable bonds is 4. The Morgan fingerprint density at radius 2 is 2.00 bits per heavy atom. The van der Waals surface area contributed by atoms with Crippen LogP contribution in [0.1, 0.15) is 54.4 Å². The average molecular weight is 263 g/mol. The standard InChI is InChI=1S/C16H22FNO/c1-12-5-6-13(9-14(12)17)15(19)10-16(11-18)7-3-2-4-8-16/h5-6,9H,2-4,7-8,10-11,18H2,1H3. The average Bonchev–Trinajstić information content (AvgIpc) is 2.43. The van der Waals surface area contributed by atoms with Crippen molar-refractivity contribution in [2.75, 3.05) is 6.54 Å². The minimum absolute atomic E-state index is 0.0197. The maximum atomic E-state index is 13.5. The molecule has 3 heteroatoms. The molecule has 0 bridgehead atoms. The van der Waals surface area contributed by atoms with Crippen LogP contribution < -0.4 is 5.73 Å². The van der Waals surface area contributed by atoms with Gasteiger partial charge in [0.05, 0.1) is 0 Å². The van der Waals surface area contributed by atoms with E-state index >= 15 is 0 Å². The Labute approximate surface area is 114 Å². The number of Topliss-reactive ketones (excluding diaryl/α,β-unsaturated/α-hetero) is 1. The van der Waals surface area contributed by atoms with Crippen molar-refractivity contribution in [1.29, 1.82) is 0 Å². The van der Waals surface area contributed by atoms with Gasteiger partial charge in [-0.25, -0.2) is 4.39 Å². The van der Waals surface area contributed by atoms with E-state index in [-0.39, 0.29) is 17.0 Å². The van der Waals surface area contributed by atoms with E-state index in [9.17, 15) is 9.18 Å². The highest BCUT2D eigenvalue weighted by Gasteiger charge is 2.33. The van der Waals surface area contributed by atoms with Crippen molar-refractivity contribution in [3.05, 3.63) is 35.1 Å². The fourth-order valence-electron chi connectivity index (χ4n) is 2.96. The Bertz CT molecular complexity index is 464. The van der Waals surface area contributed by atoms with Gasteiger partial charge < -0.3 is 5.73 Å². The summed E-state index contributed by atoms with van der Waals surface area (Å²) >= 11 is 0. The lowest BCUT2D eigenvalue weighted by Crippen LogP contribution is -2.35. The van der Waals surface area contributed by atoms with Crippen LogP contribution in [0.5, 0.6) is 0 Å². The number of aryl methyl sites for hydroxylation is 1. The Morgan fingerprint density at radius 1 is 1.32 bits per heavy atom. The van der Waals surface area contributed by atoms with Gasteiger partial charge in [-0.05, 0) is 43.4 Å². The van der Waals surface area contributed by atoms with Crippen molar-refractivity contribution in [3.8, 4) is 0 Å². The summed E-state index contributed by atoms with van der Waals surface area (Å²) in [7, 11) is 0. The zero-order valence-corrected chi connectivity index (χ0v) is 11.5. The molecule has 1 aliphatic rings. The molecule has 0 unspecified atom stereocenters. The summed E-state index contributed by atoms with van der Waals surface area (Å²) in [5.41, 5.74) is 6.88. The molecule has 19 heavy (non-hydrogen) atoms. The highest BCUT2D eigenvalue weighted by molar-refractivity contribution is 5.96. The zero-order chi connectivity index (χ0) is 13.9. The van der Waals surface area contributed by atoms with Gasteiger partial charge in [-0.2, -0.15) is 0 Å². The largest absolute Gasteiger partial charge is 0.330 e. The number of nitrogens with two attached hydrogens (primary N) is 1. The molecule has 0 heterocycles. The highest BCUT2D eigenvalue weighted by Crippen LogP contribution is 2.39. The predicted octanol–water partition coefficient (Wildman–Crippen LogP) is 3.62. The topological polar surface area (TPSA) is 43.1 Å². The second-order valence-electron chi connectivity index (χ2n) is 5.83. The van der Waals surface area contributed by atoms with Crippen molar-refractivity contribution >= 4 is 5.78 Å². The van der Waals surface area contributed by atoms with Gasteiger partial charge in [-0.1, -0.05) is 31.4 Å². The molecule has 0 saturated heterocycles. The van der Waals surface area contributed by atoms with Crippen molar-refractivity contribution in [1.82, 2.24) is 0 Å². The van der Waals surface area contributed by atoms with Gasteiger partial charge in [-0.15, -0.1) is 0 Å². The van der Waals surface area contributed by atoms with Crippen LogP contribution in [0.15, 0.2) is 18.2 Å². The molecule has 1 aromatic rings. The molecule has 1 fully saturated rings. The second-order valence-corrected chi connectivity index (χ2v) is 5.83. The first-order valence-corrected chi connectivity index (χ1v) is 7.06. The Morgan fingerprint density at radius 3 is 2.58 bits per heavy atom. The quantitative estimate of drug-likeness (QED) is 0.843. The van der Waals surface area contributed by atoms with E-state index in [1.54, 1.807) is 19.1 Å². The summed E-state index contributed by atoms with van der Waals surface area (Å²) in [4.78, 5) is 12.3. The normalized spacial score (nSPS) is 18.3. The van der Waals surface area contributed by atoms with Crippen molar-refractivity contribution in [2.24, 2.45) is 11.1 Å². The molecule has 0 radical (unpaired) electrons. The van der Waals surface area contributed by atoms with Gasteiger partial charge in [-0.3, -0.25) is 4.79 Å². The van der Waals surface area contributed by atoms with E-state index in [1.165, 1.54) is 12.5 Å². The molecule has 0 atom stereocenters. The Balaban J connectivity index is 2.12. The van der Waals surface area contributed by atoms with Gasteiger partial charge in [0, 0.05) is 12.0 Å². The number of carbonyl (C=O) groups is 1. The molecule has 0 spiro atoms. The molecule has 0 aromatic heterocycles. The minimum Gasteiger partial charge on any atom is -0.330 e. The van der Waals surface area contributed by atoms with Crippen molar-refractivity contribution in [3.63, 3.8) is 0 Å². The monoisotopic (exact) mass is 263 g/mol. The number of carbonyl (C=O) groups excluding carboxylic acids is 1. The lowest BCUT2D eigenvalue weighted by Gasteiger charge is -2.35. The number of hydrogen-bond acceptors (Lipinski definition) is 2. The van der Waals surface area contributed by atoms with E-state index in [0.29, 0.717) is 24.1 Å². The molecule has 0 amide bonds. The van der Waals surface area contributed by atoms with Gasteiger partial charge >= 0.3 is 0 Å². The lowest BCUT2D eigenvalue weighted by molar-refractivity contribution is 0.0867. The van der Waals surface area contributed by atoms with Gasteiger partial charge in [0.15, 0.2) is 5.78 Å². The first-order chi connectivity index (χ1) is 9.06. The first-order valence-electron chi connectivity index (χ1n) is 7.06. The van der Waals surface area contributed by atoms with Crippen LogP contribution in [0, 0.1) is 18.2 Å². The first kappa shape index (κ1) is 14.2. The van der Waals surface area contributed by atoms with E-state index in [4.69, 9.17) is 5.73 Å². The maximum Gasteiger partial charge on any atom is 0.163 e. The van der Waals surface area contributed by atoms with Gasteiger partial charge in [0.2, 0.25) is 0 Å². The zero-order valence-electron chi connectivity index (χ0n) is 11.5. The third-order valence-electron chi connectivity index (χ3n) is 4.38. The third-order valence-corrected chi connectivity index (χ3v) is 4.38. The number of halogens is 1. The van der Waals surface area contributed by atoms with Gasteiger partial charge in [0.25, 0.3) is 0 Å². The van der Waals surface area contributed by atoms with Crippen LogP contribution in [0.2, 0.25) is 0 Å². The number of ketones is 1. The van der Waals surface area contributed by atoms with Crippen LogP contribution in [0.25, 0.3) is 0 Å². The summed E-state index contributed by atoms with van der Waals surface area (Å²) in [6, 6.07) is 4.73. The third kappa shape index (κ3) is 3.21. The molecule has 2 rings (SSSR count). The van der Waals surface area contributed by atoms with Gasteiger partial charge in [0.1, 0.15) is 5.82 Å². The fourth-order valence-corrected chi connectivity index (χ4v) is 2.96. The van der Waals surface area contributed by atoms with Crippen LogP contribution in [-0.4, -0.2) is 12.3 Å². The summed E-state index contributed by atoms with van der Waals surface area (Å²) in [5.74, 6) is -0.289. The molecular formula is C16H22FNO. The summed E-state index contributed by atoms with van der Waals surface area (Å²) < 4.78 is 13.5. The maximum absolute atomic E-state index is 13.5. The second kappa shape index (κ2) is 5.83. The van der Waals surface area contributed by atoms with Crippen molar-refractivity contribution in [2.45, 2.75) is 45.4 Å². The van der Waals surface area contributed by atoms with Crippen LogP contribution in [0.3, 0.4) is 0 Å². The highest BCUT2D eigenvalue weighted by atomic mass is 19.1. The van der Waals surface area contributed by atoms with Crippen LogP contribution in [-0.2, 0) is 0 Å². The summed E-state index contributed by atoms with van der Waals surface area (Å²) in [5, 5.41) is 0. The molecule has 2 nitrogen and oxygen atoms in total. The fraction of sp³-hybridized carbons (Fsp3) is 0.562. The molecule has 1 aromatic carbocycles. The lowest BCUT2D eigenvalue weighted by atomic mass is 9.70. The molecule has 104 valence electrons. The molecular weight excluding hydrogens is 241 g/mol. The van der Waals surface area contributed by atoms with E-state index in [0.717, 1.165) is 25.7 Å². The number of hydrogen-bond donors (Lipinski definition) is 1. The van der Waals surface area contributed by atoms with Crippen LogP contribution in [0.4, 0.5) is 4.39 Å². The van der Waals surface area contributed by atoms with E-state index in [2.05, 4.69) is 0 Å². The Hall–Kier alpha value is -1.22. The van der Waals surface area contributed by atoms with Crippen LogP contribution >= 0.6 is 0 Å². The molecule has 1 saturated carbocycles. The molecule has 2 N–H and O–H groups in total.